The lowest BCUT2D eigenvalue weighted by Gasteiger charge is -2.39. The molecule has 4 rings (SSSR count). The summed E-state index contributed by atoms with van der Waals surface area (Å²) < 4.78 is 10.7. The molecule has 0 fully saturated rings. The van der Waals surface area contributed by atoms with Crippen molar-refractivity contribution < 1.29 is 38.9 Å². The second kappa shape index (κ2) is 7.46. The van der Waals surface area contributed by atoms with E-state index in [0.717, 1.165) is 13.8 Å². The second-order valence-corrected chi connectivity index (χ2v) is 8.09. The molecule has 0 saturated carbocycles. The van der Waals surface area contributed by atoms with Crippen molar-refractivity contribution in [2.24, 2.45) is 11.8 Å². The molecular formula is C24H20O8. The number of aliphatic hydroxyl groups excluding tert-OH is 1. The number of carbonyl (C=O) groups is 4. The number of ether oxygens (including phenoxy) is 2. The topological polar surface area (TPSA) is 127 Å². The van der Waals surface area contributed by atoms with E-state index in [0.29, 0.717) is 0 Å². The zero-order chi connectivity index (χ0) is 23.4. The van der Waals surface area contributed by atoms with Gasteiger partial charge in [0.15, 0.2) is 17.2 Å². The van der Waals surface area contributed by atoms with Crippen molar-refractivity contribution in [1.29, 1.82) is 0 Å². The molecule has 0 amide bonds. The Morgan fingerprint density at radius 3 is 2.22 bits per heavy atom. The van der Waals surface area contributed by atoms with Gasteiger partial charge in [-0.15, -0.1) is 6.42 Å². The first kappa shape index (κ1) is 21.5. The first-order chi connectivity index (χ1) is 15.1. The zero-order valence-electron chi connectivity index (χ0n) is 17.4. The molecule has 0 heterocycles. The number of allylic oxidation sites excluding steroid dienone is 4. The first-order valence-corrected chi connectivity index (χ1v) is 9.99. The molecule has 0 aromatic heterocycles. The molecule has 164 valence electrons. The van der Waals surface area contributed by atoms with Crippen LogP contribution in [0.2, 0.25) is 0 Å². The number of fused-ring (bicyclic) bond motifs is 3. The fourth-order valence-corrected chi connectivity index (χ4v) is 4.75. The van der Waals surface area contributed by atoms with E-state index in [-0.39, 0.29) is 40.8 Å². The highest BCUT2D eigenvalue weighted by Gasteiger charge is 2.49. The third-order valence-corrected chi connectivity index (χ3v) is 5.97. The molecule has 3 aliphatic carbocycles. The Bertz CT molecular complexity index is 1180. The third-order valence-electron chi connectivity index (χ3n) is 5.97. The SMILES string of the molecule is C#CC1(OC(C)=O)Cc2c(OC(C)=O)c3c(c(O)c2C(O)C1)C(=O)C1C=CC=CC1C3=O. The molecule has 1 aromatic carbocycles. The van der Waals surface area contributed by atoms with E-state index < -0.39 is 52.8 Å². The quantitative estimate of drug-likeness (QED) is 0.409. The monoisotopic (exact) mass is 436 g/mol. The molecule has 0 spiro atoms. The smallest absolute Gasteiger partial charge is 0.308 e. The van der Waals surface area contributed by atoms with E-state index in [1.54, 1.807) is 24.3 Å². The Balaban J connectivity index is 2.03. The van der Waals surface area contributed by atoms with E-state index in [1.807, 2.05) is 0 Å². The number of aromatic hydroxyl groups is 1. The van der Waals surface area contributed by atoms with Gasteiger partial charge in [-0.2, -0.15) is 0 Å². The zero-order valence-corrected chi connectivity index (χ0v) is 17.4. The number of hydrogen-bond acceptors (Lipinski definition) is 8. The summed E-state index contributed by atoms with van der Waals surface area (Å²) >= 11 is 0. The van der Waals surface area contributed by atoms with E-state index in [2.05, 4.69) is 5.92 Å². The molecule has 3 aliphatic rings. The minimum Gasteiger partial charge on any atom is -0.507 e. The third kappa shape index (κ3) is 3.13. The molecule has 8 nitrogen and oxygen atoms in total. The van der Waals surface area contributed by atoms with Crippen molar-refractivity contribution in [3.05, 3.63) is 46.6 Å². The molecule has 4 unspecified atom stereocenters. The van der Waals surface area contributed by atoms with Gasteiger partial charge < -0.3 is 19.7 Å². The summed E-state index contributed by atoms with van der Waals surface area (Å²) in [6.45, 7) is 2.27. The number of esters is 2. The maximum atomic E-state index is 13.4. The molecular weight excluding hydrogens is 416 g/mol. The fraction of sp³-hybridized carbons (Fsp3) is 0.333. The first-order valence-electron chi connectivity index (χ1n) is 9.99. The summed E-state index contributed by atoms with van der Waals surface area (Å²) in [5.41, 5.74) is -2.17. The number of benzene rings is 1. The van der Waals surface area contributed by atoms with Crippen LogP contribution in [-0.2, 0) is 20.7 Å². The van der Waals surface area contributed by atoms with Crippen molar-refractivity contribution in [2.75, 3.05) is 0 Å². The van der Waals surface area contributed by atoms with Crippen molar-refractivity contribution in [3.8, 4) is 23.8 Å². The van der Waals surface area contributed by atoms with E-state index in [1.165, 1.54) is 0 Å². The summed E-state index contributed by atoms with van der Waals surface area (Å²) in [6.07, 6.45) is 10.1. The second-order valence-electron chi connectivity index (χ2n) is 8.09. The Morgan fingerprint density at radius 2 is 1.69 bits per heavy atom. The summed E-state index contributed by atoms with van der Waals surface area (Å²) in [5, 5.41) is 21.9. The van der Waals surface area contributed by atoms with Crippen LogP contribution in [-0.4, -0.2) is 39.3 Å². The molecule has 1 aromatic rings. The number of phenolic OH excluding ortho intramolecular Hbond substituents is 1. The summed E-state index contributed by atoms with van der Waals surface area (Å²) in [6, 6.07) is 0. The van der Waals surface area contributed by atoms with Crippen LogP contribution in [0.3, 0.4) is 0 Å². The van der Waals surface area contributed by atoms with Crippen LogP contribution in [0.25, 0.3) is 0 Å². The van der Waals surface area contributed by atoms with E-state index in [9.17, 15) is 29.4 Å². The summed E-state index contributed by atoms with van der Waals surface area (Å²) in [5.74, 6) is -2.61. The van der Waals surface area contributed by atoms with Gasteiger partial charge in [-0.3, -0.25) is 19.2 Å². The van der Waals surface area contributed by atoms with Crippen LogP contribution in [0.5, 0.6) is 11.5 Å². The Hall–Kier alpha value is -3.70. The molecule has 0 saturated heterocycles. The van der Waals surface area contributed by atoms with Crippen molar-refractivity contribution >= 4 is 23.5 Å². The molecule has 32 heavy (non-hydrogen) atoms. The standard InChI is InChI=1S/C24H20O8/c1-4-24(32-12(3)26)9-15-17(16(27)10-24)22(30)18-19(23(15)31-11(2)25)21(29)14-8-6-5-7-13(14)20(18)28/h1,5-8,13-14,16,27,30H,9-10H2,2-3H3. The Kier molecular flexibility index (Phi) is 5.02. The van der Waals surface area contributed by atoms with Crippen LogP contribution in [0, 0.1) is 24.2 Å². The maximum Gasteiger partial charge on any atom is 0.308 e. The van der Waals surface area contributed by atoms with Crippen molar-refractivity contribution in [3.63, 3.8) is 0 Å². The highest BCUT2D eigenvalue weighted by atomic mass is 16.6. The number of ketones is 2. The van der Waals surface area contributed by atoms with E-state index in [4.69, 9.17) is 15.9 Å². The molecule has 8 heteroatoms. The number of phenols is 1. The van der Waals surface area contributed by atoms with Crippen LogP contribution >= 0.6 is 0 Å². The van der Waals surface area contributed by atoms with Gasteiger partial charge in [0.1, 0.15) is 11.5 Å². The molecule has 2 N–H and O–H groups in total. The van der Waals surface area contributed by atoms with Crippen LogP contribution in [0.4, 0.5) is 0 Å². The fourth-order valence-electron chi connectivity index (χ4n) is 4.75. The summed E-state index contributed by atoms with van der Waals surface area (Å²) in [7, 11) is 0. The predicted molar refractivity (Wildman–Crippen MR) is 110 cm³/mol. The van der Waals surface area contributed by atoms with Crippen LogP contribution in [0.1, 0.15) is 58.2 Å². The van der Waals surface area contributed by atoms with Gasteiger partial charge in [0.05, 0.1) is 29.1 Å². The number of Topliss-reactive ketones (excluding diaryl/α,β-unsaturated/α-hetero) is 2. The number of rotatable bonds is 2. The van der Waals surface area contributed by atoms with Gasteiger partial charge in [-0.1, -0.05) is 30.2 Å². The molecule has 4 atom stereocenters. The number of hydrogen-bond donors (Lipinski definition) is 2. The van der Waals surface area contributed by atoms with Crippen LogP contribution in [0.15, 0.2) is 24.3 Å². The minimum absolute atomic E-state index is 0.0457. The minimum atomic E-state index is -1.59. The highest BCUT2D eigenvalue weighted by molar-refractivity contribution is 6.20. The summed E-state index contributed by atoms with van der Waals surface area (Å²) in [4.78, 5) is 50.3. The van der Waals surface area contributed by atoms with Gasteiger partial charge in [-0.05, 0) is 0 Å². The van der Waals surface area contributed by atoms with Gasteiger partial charge in [0.2, 0.25) is 0 Å². The van der Waals surface area contributed by atoms with Crippen molar-refractivity contribution in [2.45, 2.75) is 38.4 Å². The average molecular weight is 436 g/mol. The average Bonchev–Trinajstić information content (AvgIpc) is 2.72. The highest BCUT2D eigenvalue weighted by Crippen LogP contribution is 2.52. The van der Waals surface area contributed by atoms with Gasteiger partial charge >= 0.3 is 11.9 Å². The van der Waals surface area contributed by atoms with Gasteiger partial charge in [0, 0.05) is 37.8 Å². The predicted octanol–water partition coefficient (Wildman–Crippen LogP) is 1.97. The Morgan fingerprint density at radius 1 is 1.09 bits per heavy atom. The van der Waals surface area contributed by atoms with Crippen molar-refractivity contribution in [1.82, 2.24) is 0 Å². The maximum absolute atomic E-state index is 13.4. The van der Waals surface area contributed by atoms with Gasteiger partial charge in [-0.25, -0.2) is 0 Å². The normalized spacial score (nSPS) is 27.6. The van der Waals surface area contributed by atoms with E-state index >= 15 is 0 Å². The molecule has 0 bridgehead atoms. The largest absolute Gasteiger partial charge is 0.507 e. The lowest BCUT2D eigenvalue weighted by molar-refractivity contribution is -0.154. The lowest BCUT2D eigenvalue weighted by Crippen LogP contribution is -2.42. The lowest BCUT2D eigenvalue weighted by atomic mass is 9.68. The number of terminal acetylenes is 1. The van der Waals surface area contributed by atoms with Gasteiger partial charge in [0.25, 0.3) is 0 Å². The Labute approximate surface area is 183 Å². The molecule has 0 radical (unpaired) electrons. The van der Waals surface area contributed by atoms with Crippen LogP contribution < -0.4 is 4.74 Å². The molecule has 0 aliphatic heterocycles. The number of carbonyl (C=O) groups excluding carboxylic acids is 4. The number of aliphatic hydroxyl groups is 1.